The van der Waals surface area contributed by atoms with Crippen LogP contribution in [0, 0.1) is 13.0 Å². The lowest BCUT2D eigenvalue weighted by atomic mass is 10.2. The molecule has 2 heteroatoms. The highest BCUT2D eigenvalue weighted by molar-refractivity contribution is 7.94. The molecule has 10 heavy (non-hydrogen) atoms. The number of benzene rings is 1. The lowest BCUT2D eigenvalue weighted by molar-refractivity contribution is 0.489. The molecule has 0 spiro atoms. The summed E-state index contributed by atoms with van der Waals surface area (Å²) in [4.78, 5) is 1.13. The summed E-state index contributed by atoms with van der Waals surface area (Å²) in [5.41, 5.74) is 1.13. The zero-order chi connectivity index (χ0) is 7.40. The standard InChI is InChI=1S/C8H9OS/c1-7-5-3-4-6-8(7)10-9-2/h3-4,6H,1-2H3. The fourth-order valence-corrected chi connectivity index (χ4v) is 1.18. The van der Waals surface area contributed by atoms with Gasteiger partial charge in [0, 0.05) is 16.9 Å². The van der Waals surface area contributed by atoms with Crippen LogP contribution in [0.1, 0.15) is 5.56 Å². The maximum Gasteiger partial charge on any atom is 0.0508 e. The quantitative estimate of drug-likeness (QED) is 0.603. The third-order valence-corrected chi connectivity index (χ3v) is 1.97. The van der Waals surface area contributed by atoms with Gasteiger partial charge in [-0.3, -0.25) is 0 Å². The molecule has 0 saturated carbocycles. The molecule has 0 atom stereocenters. The summed E-state index contributed by atoms with van der Waals surface area (Å²) in [5.74, 6) is 0. The molecule has 0 heterocycles. The molecule has 1 nitrogen and oxygen atoms in total. The van der Waals surface area contributed by atoms with Crippen LogP contribution in [-0.4, -0.2) is 7.11 Å². The topological polar surface area (TPSA) is 9.23 Å². The fraction of sp³-hybridized carbons (Fsp3) is 0.250. The Morgan fingerprint density at radius 3 is 3.00 bits per heavy atom. The highest BCUT2D eigenvalue weighted by Gasteiger charge is 1.94. The SMILES string of the molecule is COSc1ccc[c]c1C. The lowest BCUT2D eigenvalue weighted by Crippen LogP contribution is -1.77. The maximum absolute atomic E-state index is 4.91. The van der Waals surface area contributed by atoms with Gasteiger partial charge in [-0.25, -0.2) is 0 Å². The second-order valence-corrected chi connectivity index (χ2v) is 2.85. The summed E-state index contributed by atoms with van der Waals surface area (Å²) < 4.78 is 4.91. The van der Waals surface area contributed by atoms with Gasteiger partial charge in [-0.15, -0.1) is 0 Å². The van der Waals surface area contributed by atoms with Crippen LogP contribution in [0.25, 0.3) is 0 Å². The fourth-order valence-electron chi connectivity index (χ4n) is 0.685. The summed E-state index contributed by atoms with van der Waals surface area (Å²) >= 11 is 1.37. The van der Waals surface area contributed by atoms with Gasteiger partial charge in [-0.05, 0) is 24.6 Å². The number of rotatable bonds is 2. The first-order valence-corrected chi connectivity index (χ1v) is 3.76. The van der Waals surface area contributed by atoms with Crippen LogP contribution in [0.15, 0.2) is 23.1 Å². The Balaban J connectivity index is 2.81. The first-order valence-electron chi connectivity index (χ1n) is 3.02. The van der Waals surface area contributed by atoms with E-state index in [-0.39, 0.29) is 0 Å². The van der Waals surface area contributed by atoms with Crippen LogP contribution >= 0.6 is 12.0 Å². The van der Waals surface area contributed by atoms with E-state index in [1.54, 1.807) is 7.11 Å². The molecule has 0 saturated heterocycles. The third-order valence-electron chi connectivity index (χ3n) is 1.19. The minimum Gasteiger partial charge on any atom is -0.314 e. The van der Waals surface area contributed by atoms with Gasteiger partial charge in [-0.1, -0.05) is 12.1 Å². The van der Waals surface area contributed by atoms with Gasteiger partial charge < -0.3 is 4.18 Å². The van der Waals surface area contributed by atoms with Crippen LogP contribution in [0.5, 0.6) is 0 Å². The molecule has 0 aliphatic carbocycles. The Kier molecular flexibility index (Phi) is 2.78. The van der Waals surface area contributed by atoms with Crippen molar-refractivity contribution in [2.75, 3.05) is 7.11 Å². The normalized spacial score (nSPS) is 9.80. The van der Waals surface area contributed by atoms with Gasteiger partial charge in [0.05, 0.1) is 7.11 Å². The van der Waals surface area contributed by atoms with E-state index in [1.807, 2.05) is 25.1 Å². The van der Waals surface area contributed by atoms with E-state index in [1.165, 1.54) is 12.0 Å². The monoisotopic (exact) mass is 153 g/mol. The van der Waals surface area contributed by atoms with E-state index in [9.17, 15) is 0 Å². The molecule has 1 radical (unpaired) electrons. The summed E-state index contributed by atoms with van der Waals surface area (Å²) in [6, 6.07) is 8.95. The van der Waals surface area contributed by atoms with Gasteiger partial charge in [0.2, 0.25) is 0 Å². The summed E-state index contributed by atoms with van der Waals surface area (Å²) in [7, 11) is 1.66. The Hall–Kier alpha value is -0.470. The highest BCUT2D eigenvalue weighted by atomic mass is 32.2. The smallest absolute Gasteiger partial charge is 0.0508 e. The van der Waals surface area contributed by atoms with Crippen LogP contribution in [0.4, 0.5) is 0 Å². The molecule has 0 amide bonds. The molecule has 1 aromatic rings. The van der Waals surface area contributed by atoms with Crippen LogP contribution < -0.4 is 0 Å². The predicted molar refractivity (Wildman–Crippen MR) is 42.9 cm³/mol. The number of hydrogen-bond acceptors (Lipinski definition) is 2. The zero-order valence-electron chi connectivity index (χ0n) is 6.05. The van der Waals surface area contributed by atoms with Crippen molar-refractivity contribution in [2.45, 2.75) is 11.8 Å². The summed E-state index contributed by atoms with van der Waals surface area (Å²) in [6.45, 7) is 2.02. The van der Waals surface area contributed by atoms with Crippen molar-refractivity contribution in [3.05, 3.63) is 29.8 Å². The van der Waals surface area contributed by atoms with E-state index in [0.29, 0.717) is 0 Å². The van der Waals surface area contributed by atoms with E-state index in [2.05, 4.69) is 6.07 Å². The molecule has 0 unspecified atom stereocenters. The Bertz CT molecular complexity index is 210. The first kappa shape index (κ1) is 7.63. The molecule has 0 aliphatic rings. The Morgan fingerprint density at radius 1 is 1.60 bits per heavy atom. The van der Waals surface area contributed by atoms with E-state index >= 15 is 0 Å². The van der Waals surface area contributed by atoms with Gasteiger partial charge in [0.1, 0.15) is 0 Å². The average molecular weight is 153 g/mol. The molecule has 53 valence electrons. The average Bonchev–Trinajstić information content (AvgIpc) is 1.94. The van der Waals surface area contributed by atoms with Crippen molar-refractivity contribution < 1.29 is 4.18 Å². The number of aryl methyl sites for hydroxylation is 1. The van der Waals surface area contributed by atoms with Gasteiger partial charge in [0.15, 0.2) is 0 Å². The van der Waals surface area contributed by atoms with Crippen LogP contribution in [-0.2, 0) is 4.18 Å². The summed E-state index contributed by atoms with van der Waals surface area (Å²) in [5, 5.41) is 0. The van der Waals surface area contributed by atoms with Crippen LogP contribution in [0.3, 0.4) is 0 Å². The van der Waals surface area contributed by atoms with E-state index in [0.717, 1.165) is 10.5 Å². The molecule has 1 aromatic carbocycles. The molecule has 0 fully saturated rings. The van der Waals surface area contributed by atoms with Crippen molar-refractivity contribution >= 4 is 12.0 Å². The molecule has 0 aliphatic heterocycles. The van der Waals surface area contributed by atoms with E-state index in [4.69, 9.17) is 4.18 Å². The molecule has 0 aromatic heterocycles. The van der Waals surface area contributed by atoms with Crippen LogP contribution in [0.2, 0.25) is 0 Å². The summed E-state index contributed by atoms with van der Waals surface area (Å²) in [6.07, 6.45) is 0. The maximum atomic E-state index is 4.91. The molecular formula is C8H9OS. The minimum absolute atomic E-state index is 1.13. The van der Waals surface area contributed by atoms with Gasteiger partial charge in [-0.2, -0.15) is 0 Å². The molecule has 0 N–H and O–H groups in total. The Morgan fingerprint density at radius 2 is 2.40 bits per heavy atom. The first-order chi connectivity index (χ1) is 4.84. The predicted octanol–water partition coefficient (Wildman–Crippen LogP) is 2.45. The van der Waals surface area contributed by atoms with Gasteiger partial charge in [0.25, 0.3) is 0 Å². The number of hydrogen-bond donors (Lipinski definition) is 0. The van der Waals surface area contributed by atoms with E-state index < -0.39 is 0 Å². The van der Waals surface area contributed by atoms with Gasteiger partial charge >= 0.3 is 0 Å². The zero-order valence-corrected chi connectivity index (χ0v) is 6.87. The van der Waals surface area contributed by atoms with Crippen molar-refractivity contribution in [1.29, 1.82) is 0 Å². The highest BCUT2D eigenvalue weighted by Crippen LogP contribution is 2.20. The minimum atomic E-state index is 1.13. The third kappa shape index (κ3) is 1.75. The van der Waals surface area contributed by atoms with Crippen molar-refractivity contribution in [3.8, 4) is 0 Å². The molecular weight excluding hydrogens is 144 g/mol. The molecule has 1 rings (SSSR count). The second kappa shape index (κ2) is 3.64. The Labute approximate surface area is 65.6 Å². The van der Waals surface area contributed by atoms with Crippen molar-refractivity contribution in [1.82, 2.24) is 0 Å². The van der Waals surface area contributed by atoms with Crippen molar-refractivity contribution in [3.63, 3.8) is 0 Å². The molecule has 0 bridgehead atoms. The largest absolute Gasteiger partial charge is 0.314 e. The van der Waals surface area contributed by atoms with Crippen molar-refractivity contribution in [2.24, 2.45) is 0 Å². The second-order valence-electron chi connectivity index (χ2n) is 1.91. The lowest BCUT2D eigenvalue weighted by Gasteiger charge is -1.99.